The molecule has 3 nitrogen and oxygen atoms in total. The van der Waals surface area contributed by atoms with Gasteiger partial charge >= 0.3 is 0 Å². The third kappa shape index (κ3) is 3.61. The summed E-state index contributed by atoms with van der Waals surface area (Å²) < 4.78 is 0. The predicted octanol–water partition coefficient (Wildman–Crippen LogP) is 3.88. The minimum Gasteiger partial charge on any atom is -0.342 e. The van der Waals surface area contributed by atoms with Gasteiger partial charge in [-0.25, -0.2) is 4.98 Å². The van der Waals surface area contributed by atoms with E-state index in [9.17, 15) is 0 Å². The van der Waals surface area contributed by atoms with E-state index in [2.05, 4.69) is 47.3 Å². The number of imidazole rings is 1. The highest BCUT2D eigenvalue weighted by Crippen LogP contribution is 2.28. The topological polar surface area (TPSA) is 31.9 Å². The van der Waals surface area contributed by atoms with Crippen LogP contribution < -0.4 is 0 Å². The van der Waals surface area contributed by atoms with Crippen LogP contribution >= 0.6 is 11.8 Å². The Kier molecular flexibility index (Phi) is 4.86. The van der Waals surface area contributed by atoms with E-state index in [0.29, 0.717) is 5.92 Å². The SMILES string of the molecule is CS[C@@H](C)CCN1CCC(c2nc3ccccc3[nH]2)CC1. The van der Waals surface area contributed by atoms with E-state index in [0.717, 1.165) is 10.8 Å². The second-order valence-corrected chi connectivity index (χ2v) is 7.37. The molecule has 0 aliphatic carbocycles. The number of aromatic amines is 1. The van der Waals surface area contributed by atoms with Gasteiger partial charge in [0.2, 0.25) is 0 Å². The minimum absolute atomic E-state index is 0.603. The average Bonchev–Trinajstić information content (AvgIpc) is 2.97. The number of piperidine rings is 1. The lowest BCUT2D eigenvalue weighted by Gasteiger charge is -2.31. The molecule has 1 aliphatic rings. The van der Waals surface area contributed by atoms with E-state index in [-0.39, 0.29) is 0 Å². The smallest absolute Gasteiger partial charge is 0.110 e. The van der Waals surface area contributed by atoms with Gasteiger partial charge in [-0.1, -0.05) is 19.1 Å². The Morgan fingerprint density at radius 2 is 2.10 bits per heavy atom. The van der Waals surface area contributed by atoms with Crippen molar-refractivity contribution in [2.24, 2.45) is 0 Å². The predicted molar refractivity (Wildman–Crippen MR) is 92.1 cm³/mol. The lowest BCUT2D eigenvalue weighted by atomic mass is 9.96. The van der Waals surface area contributed by atoms with Gasteiger partial charge in [-0.3, -0.25) is 0 Å². The van der Waals surface area contributed by atoms with Crippen molar-refractivity contribution in [1.82, 2.24) is 14.9 Å². The molecular formula is C17H25N3S. The van der Waals surface area contributed by atoms with Crippen LogP contribution in [0.1, 0.15) is 37.9 Å². The van der Waals surface area contributed by atoms with Crippen molar-refractivity contribution < 1.29 is 0 Å². The largest absolute Gasteiger partial charge is 0.342 e. The monoisotopic (exact) mass is 303 g/mol. The molecule has 0 spiro atoms. The molecule has 1 fully saturated rings. The molecule has 1 aliphatic heterocycles. The molecule has 1 aromatic heterocycles. The summed E-state index contributed by atoms with van der Waals surface area (Å²) in [7, 11) is 0. The highest BCUT2D eigenvalue weighted by atomic mass is 32.2. The summed E-state index contributed by atoms with van der Waals surface area (Å²) in [5.74, 6) is 1.79. The number of thioether (sulfide) groups is 1. The summed E-state index contributed by atoms with van der Waals surface area (Å²) in [6.45, 7) is 5.99. The van der Waals surface area contributed by atoms with Crippen LogP contribution in [0.5, 0.6) is 0 Å². The van der Waals surface area contributed by atoms with Crippen molar-refractivity contribution in [2.45, 2.75) is 37.4 Å². The third-order valence-corrected chi connectivity index (χ3v) is 5.68. The standard InChI is InChI=1S/C17H25N3S/c1-13(21-2)7-10-20-11-8-14(9-12-20)17-18-15-5-3-4-6-16(15)19-17/h3-6,13-14H,7-12H2,1-2H3,(H,18,19)/t13-/m0/s1. The Balaban J connectivity index is 1.55. The van der Waals surface area contributed by atoms with Gasteiger partial charge < -0.3 is 9.88 Å². The van der Waals surface area contributed by atoms with Crippen molar-refractivity contribution >= 4 is 22.8 Å². The van der Waals surface area contributed by atoms with Crippen LogP contribution in [-0.4, -0.2) is 46.0 Å². The number of nitrogens with zero attached hydrogens (tertiary/aromatic N) is 2. The quantitative estimate of drug-likeness (QED) is 0.909. The van der Waals surface area contributed by atoms with Gasteiger partial charge in [0.05, 0.1) is 11.0 Å². The Hall–Kier alpha value is -1.00. The zero-order valence-electron chi connectivity index (χ0n) is 13.0. The van der Waals surface area contributed by atoms with Crippen molar-refractivity contribution in [3.63, 3.8) is 0 Å². The molecular weight excluding hydrogens is 278 g/mol. The van der Waals surface area contributed by atoms with E-state index in [1.807, 2.05) is 11.8 Å². The van der Waals surface area contributed by atoms with Gasteiger partial charge in [-0.15, -0.1) is 0 Å². The molecule has 3 rings (SSSR count). The van der Waals surface area contributed by atoms with Crippen LogP contribution in [0.4, 0.5) is 0 Å². The Bertz CT molecular complexity index is 539. The number of hydrogen-bond acceptors (Lipinski definition) is 3. The second kappa shape index (κ2) is 6.84. The lowest BCUT2D eigenvalue weighted by Crippen LogP contribution is -2.34. The van der Waals surface area contributed by atoms with Crippen LogP contribution in [-0.2, 0) is 0 Å². The van der Waals surface area contributed by atoms with Crippen molar-refractivity contribution in [1.29, 1.82) is 0 Å². The number of benzene rings is 1. The molecule has 0 radical (unpaired) electrons. The molecule has 1 saturated heterocycles. The van der Waals surface area contributed by atoms with E-state index in [1.54, 1.807) is 0 Å². The van der Waals surface area contributed by atoms with E-state index >= 15 is 0 Å². The Morgan fingerprint density at radius 1 is 1.33 bits per heavy atom. The third-order valence-electron chi connectivity index (χ3n) is 4.64. The molecule has 2 aromatic rings. The summed E-state index contributed by atoms with van der Waals surface area (Å²) in [6.07, 6.45) is 5.97. The summed E-state index contributed by atoms with van der Waals surface area (Å²) in [5, 5.41) is 0.776. The fourth-order valence-electron chi connectivity index (χ4n) is 3.08. The zero-order chi connectivity index (χ0) is 14.7. The van der Waals surface area contributed by atoms with Crippen LogP contribution in [0.15, 0.2) is 24.3 Å². The zero-order valence-corrected chi connectivity index (χ0v) is 13.8. The molecule has 0 unspecified atom stereocenters. The van der Waals surface area contributed by atoms with Gasteiger partial charge in [0.15, 0.2) is 0 Å². The average molecular weight is 303 g/mol. The van der Waals surface area contributed by atoms with E-state index in [4.69, 9.17) is 4.98 Å². The first kappa shape index (κ1) is 14.9. The van der Waals surface area contributed by atoms with Crippen molar-refractivity contribution in [3.05, 3.63) is 30.1 Å². The molecule has 1 aromatic carbocycles. The Labute approximate surface area is 131 Å². The van der Waals surface area contributed by atoms with Crippen LogP contribution in [0.2, 0.25) is 0 Å². The molecule has 0 saturated carbocycles. The highest BCUT2D eigenvalue weighted by Gasteiger charge is 2.23. The minimum atomic E-state index is 0.603. The first-order chi connectivity index (χ1) is 10.3. The normalized spacial score (nSPS) is 19.1. The fourth-order valence-corrected chi connectivity index (χ4v) is 3.42. The number of aromatic nitrogens is 2. The van der Waals surface area contributed by atoms with E-state index < -0.39 is 0 Å². The maximum atomic E-state index is 4.77. The van der Waals surface area contributed by atoms with Gasteiger partial charge in [0.25, 0.3) is 0 Å². The summed E-state index contributed by atoms with van der Waals surface area (Å²) in [4.78, 5) is 10.9. The molecule has 1 atom stereocenters. The van der Waals surface area contributed by atoms with Gasteiger partial charge in [0, 0.05) is 11.2 Å². The first-order valence-electron chi connectivity index (χ1n) is 7.96. The summed E-state index contributed by atoms with van der Waals surface area (Å²) in [6, 6.07) is 8.33. The molecule has 1 N–H and O–H groups in total. The lowest BCUT2D eigenvalue weighted by molar-refractivity contribution is 0.208. The van der Waals surface area contributed by atoms with Crippen molar-refractivity contribution in [3.8, 4) is 0 Å². The maximum Gasteiger partial charge on any atom is 0.110 e. The van der Waals surface area contributed by atoms with Crippen LogP contribution in [0.3, 0.4) is 0 Å². The molecule has 114 valence electrons. The fraction of sp³-hybridized carbons (Fsp3) is 0.588. The van der Waals surface area contributed by atoms with E-state index in [1.165, 1.54) is 50.2 Å². The number of fused-ring (bicyclic) bond motifs is 1. The molecule has 2 heterocycles. The highest BCUT2D eigenvalue weighted by molar-refractivity contribution is 7.99. The molecule has 0 bridgehead atoms. The molecule has 0 amide bonds. The van der Waals surface area contributed by atoms with Gasteiger partial charge in [-0.2, -0.15) is 11.8 Å². The van der Waals surface area contributed by atoms with Crippen molar-refractivity contribution in [2.75, 3.05) is 25.9 Å². The van der Waals surface area contributed by atoms with Gasteiger partial charge in [-0.05, 0) is 57.3 Å². The number of rotatable bonds is 5. The summed E-state index contributed by atoms with van der Waals surface area (Å²) in [5.41, 5.74) is 2.27. The summed E-state index contributed by atoms with van der Waals surface area (Å²) >= 11 is 1.97. The first-order valence-corrected chi connectivity index (χ1v) is 9.25. The Morgan fingerprint density at radius 3 is 2.81 bits per heavy atom. The molecule has 21 heavy (non-hydrogen) atoms. The second-order valence-electron chi connectivity index (χ2n) is 6.09. The maximum absolute atomic E-state index is 4.77. The van der Waals surface area contributed by atoms with Crippen LogP contribution in [0, 0.1) is 0 Å². The number of para-hydroxylation sites is 2. The number of nitrogens with one attached hydrogen (secondary N) is 1. The molecule has 4 heteroatoms. The number of H-pyrrole nitrogens is 1. The van der Waals surface area contributed by atoms with Crippen LogP contribution in [0.25, 0.3) is 11.0 Å². The number of hydrogen-bond donors (Lipinski definition) is 1. The van der Waals surface area contributed by atoms with Gasteiger partial charge in [0.1, 0.15) is 5.82 Å². The number of likely N-dealkylation sites (tertiary alicyclic amines) is 1.